The first-order chi connectivity index (χ1) is 10.3. The number of carbonyl (C=O) groups is 1. The lowest BCUT2D eigenvalue weighted by molar-refractivity contribution is -0.909. The number of nitrogens with one attached hydrogen (secondary N) is 1. The average Bonchev–Trinajstić information content (AvgIpc) is 2.91. The fourth-order valence-electron chi connectivity index (χ4n) is 4.60. The minimum absolute atomic E-state index is 0. The second kappa shape index (κ2) is 5.93. The van der Waals surface area contributed by atoms with Gasteiger partial charge in [-0.15, -0.1) is 0 Å². The number of rotatable bonds is 4. The van der Waals surface area contributed by atoms with Gasteiger partial charge in [0.1, 0.15) is 0 Å². The van der Waals surface area contributed by atoms with Crippen molar-refractivity contribution in [3.63, 3.8) is 0 Å². The molecule has 3 aliphatic heterocycles. The molecule has 1 N–H and O–H groups in total. The van der Waals surface area contributed by atoms with E-state index in [1.54, 1.807) is 13.0 Å². The first-order valence-corrected chi connectivity index (χ1v) is 7.67. The summed E-state index contributed by atoms with van der Waals surface area (Å²) in [5, 5.41) is 0. The zero-order valence-corrected chi connectivity index (χ0v) is 13.7. The van der Waals surface area contributed by atoms with Gasteiger partial charge in [-0.25, -0.2) is 4.79 Å². The van der Waals surface area contributed by atoms with Crippen LogP contribution in [-0.4, -0.2) is 49.6 Å². The Balaban J connectivity index is 0.00000192. The van der Waals surface area contributed by atoms with E-state index in [0.717, 1.165) is 4.90 Å². The number of alkyl halides is 3. The van der Waals surface area contributed by atoms with Crippen molar-refractivity contribution in [1.29, 1.82) is 0 Å². The van der Waals surface area contributed by atoms with Crippen LogP contribution in [0.3, 0.4) is 0 Å². The molecule has 2 unspecified atom stereocenters. The molecule has 0 aromatic heterocycles. The van der Waals surface area contributed by atoms with E-state index in [0.29, 0.717) is 19.6 Å². The van der Waals surface area contributed by atoms with Gasteiger partial charge in [-0.05, 0) is 25.8 Å². The van der Waals surface area contributed by atoms with Gasteiger partial charge in [0, 0.05) is 0 Å². The van der Waals surface area contributed by atoms with Gasteiger partial charge in [0.25, 0.3) is 0 Å². The third kappa shape index (κ3) is 2.48. The highest BCUT2D eigenvalue weighted by Gasteiger charge is 2.80. The number of likely N-dealkylation sites (tertiary alicyclic amines) is 1. The van der Waals surface area contributed by atoms with Crippen molar-refractivity contribution in [2.24, 2.45) is 11.8 Å². The molecule has 0 saturated carbocycles. The van der Waals surface area contributed by atoms with E-state index in [1.807, 2.05) is 0 Å². The highest BCUT2D eigenvalue weighted by Crippen LogP contribution is 2.63. The number of fused-ring (bicyclic) bond motifs is 1. The SMILES string of the molecule is C=CC[NH+]1CC2CC3(C(F)(F)F)CC(C1)C2(C(=O)OCC)O3.[Cl-]. The molecule has 0 amide bonds. The number of ether oxygens (including phenoxy) is 2. The van der Waals surface area contributed by atoms with Crippen molar-refractivity contribution < 1.29 is 44.7 Å². The van der Waals surface area contributed by atoms with Gasteiger partial charge < -0.3 is 26.8 Å². The number of piperidine rings is 1. The summed E-state index contributed by atoms with van der Waals surface area (Å²) in [6.45, 7) is 7.14. The summed E-state index contributed by atoms with van der Waals surface area (Å²) in [5.74, 6) is -1.52. The summed E-state index contributed by atoms with van der Waals surface area (Å²) in [4.78, 5) is 13.6. The van der Waals surface area contributed by atoms with Crippen LogP contribution in [0.5, 0.6) is 0 Å². The second-order valence-electron chi connectivity index (χ2n) is 6.56. The van der Waals surface area contributed by atoms with E-state index in [1.165, 1.54) is 0 Å². The average molecular weight is 356 g/mol. The Morgan fingerprint density at radius 3 is 2.39 bits per heavy atom. The lowest BCUT2D eigenvalue weighted by Gasteiger charge is -2.43. The molecule has 3 saturated heterocycles. The highest BCUT2D eigenvalue weighted by molar-refractivity contribution is 5.82. The summed E-state index contributed by atoms with van der Waals surface area (Å²) < 4.78 is 51.1. The maximum atomic E-state index is 13.5. The molecular formula is C15H21ClF3NO3. The first kappa shape index (κ1) is 18.5. The van der Waals surface area contributed by atoms with Crippen molar-refractivity contribution in [2.45, 2.75) is 37.1 Å². The monoisotopic (exact) mass is 355 g/mol. The van der Waals surface area contributed by atoms with Crippen LogP contribution in [0.15, 0.2) is 12.7 Å². The number of esters is 1. The van der Waals surface area contributed by atoms with Crippen LogP contribution in [0, 0.1) is 11.8 Å². The third-order valence-electron chi connectivity index (χ3n) is 5.34. The molecule has 2 atom stereocenters. The standard InChI is InChI=1S/C15H20F3NO3.ClH/c1-3-5-19-8-10-6-13(15(16,17)18)7-11(9-19)14(10,22-13)12(20)21-4-2;/h3,10-11H,1,4-9H2,2H3;1H. The molecule has 2 bridgehead atoms. The van der Waals surface area contributed by atoms with Gasteiger partial charge in [-0.3, -0.25) is 0 Å². The minimum Gasteiger partial charge on any atom is -1.00 e. The Kier molecular flexibility index (Phi) is 4.78. The second-order valence-corrected chi connectivity index (χ2v) is 6.56. The summed E-state index contributed by atoms with van der Waals surface area (Å²) >= 11 is 0. The molecule has 0 aromatic carbocycles. The summed E-state index contributed by atoms with van der Waals surface area (Å²) in [6, 6.07) is 0. The Bertz CT molecular complexity index is 481. The van der Waals surface area contributed by atoms with Crippen molar-refractivity contribution in [2.75, 3.05) is 26.2 Å². The molecule has 0 spiro atoms. The Hall–Kier alpha value is -0.790. The molecule has 3 fully saturated rings. The third-order valence-corrected chi connectivity index (χ3v) is 5.34. The van der Waals surface area contributed by atoms with E-state index in [-0.39, 0.29) is 31.9 Å². The zero-order chi connectivity index (χ0) is 16.2. The summed E-state index contributed by atoms with van der Waals surface area (Å²) in [6.07, 6.45) is -2.98. The lowest BCUT2D eigenvalue weighted by Crippen LogP contribution is -3.15. The van der Waals surface area contributed by atoms with Crippen LogP contribution in [0.25, 0.3) is 0 Å². The van der Waals surface area contributed by atoms with Crippen LogP contribution in [0.1, 0.15) is 19.8 Å². The normalized spacial score (nSPS) is 41.3. The Morgan fingerprint density at radius 1 is 1.39 bits per heavy atom. The van der Waals surface area contributed by atoms with Gasteiger partial charge in [0.15, 0.2) is 11.2 Å². The predicted molar refractivity (Wildman–Crippen MR) is 71.2 cm³/mol. The van der Waals surface area contributed by atoms with Gasteiger partial charge >= 0.3 is 12.1 Å². The van der Waals surface area contributed by atoms with Crippen LogP contribution < -0.4 is 17.3 Å². The maximum Gasteiger partial charge on any atom is 0.417 e. The number of halogens is 4. The maximum absolute atomic E-state index is 13.5. The van der Waals surface area contributed by atoms with Crippen molar-refractivity contribution >= 4 is 5.97 Å². The molecule has 4 nitrogen and oxygen atoms in total. The van der Waals surface area contributed by atoms with E-state index in [4.69, 9.17) is 9.47 Å². The fraction of sp³-hybridized carbons (Fsp3) is 0.800. The minimum atomic E-state index is -4.45. The molecule has 0 aliphatic carbocycles. The molecule has 0 radical (unpaired) electrons. The molecule has 3 aliphatic rings. The quantitative estimate of drug-likeness (QED) is 0.457. The van der Waals surface area contributed by atoms with E-state index in [9.17, 15) is 18.0 Å². The Morgan fingerprint density at radius 2 is 1.96 bits per heavy atom. The van der Waals surface area contributed by atoms with Gasteiger partial charge in [0.05, 0.1) is 38.1 Å². The van der Waals surface area contributed by atoms with Gasteiger partial charge in [0.2, 0.25) is 0 Å². The Labute approximate surface area is 139 Å². The van der Waals surface area contributed by atoms with Crippen LogP contribution in [0.2, 0.25) is 0 Å². The summed E-state index contributed by atoms with van der Waals surface area (Å²) in [7, 11) is 0. The molecule has 0 aromatic rings. The van der Waals surface area contributed by atoms with Crippen molar-refractivity contribution in [3.05, 3.63) is 12.7 Å². The molecule has 8 heteroatoms. The van der Waals surface area contributed by atoms with Crippen molar-refractivity contribution in [3.8, 4) is 0 Å². The highest BCUT2D eigenvalue weighted by atomic mass is 35.5. The van der Waals surface area contributed by atoms with Crippen LogP contribution in [0.4, 0.5) is 13.2 Å². The molecule has 132 valence electrons. The molecule has 3 rings (SSSR count). The van der Waals surface area contributed by atoms with Crippen molar-refractivity contribution in [1.82, 2.24) is 0 Å². The van der Waals surface area contributed by atoms with Crippen LogP contribution >= 0.6 is 0 Å². The van der Waals surface area contributed by atoms with Gasteiger partial charge in [-0.1, -0.05) is 6.58 Å². The molecular weight excluding hydrogens is 335 g/mol. The number of carbonyl (C=O) groups excluding carboxylic acids is 1. The molecule has 3 heterocycles. The largest absolute Gasteiger partial charge is 1.00 e. The van der Waals surface area contributed by atoms with Crippen LogP contribution in [-0.2, 0) is 14.3 Å². The number of hydrogen-bond donors (Lipinski definition) is 1. The zero-order valence-electron chi connectivity index (χ0n) is 12.9. The van der Waals surface area contributed by atoms with E-state index in [2.05, 4.69) is 6.58 Å². The predicted octanol–water partition coefficient (Wildman–Crippen LogP) is -2.27. The topological polar surface area (TPSA) is 40.0 Å². The van der Waals surface area contributed by atoms with E-state index < -0.39 is 35.2 Å². The number of hydrogen-bond acceptors (Lipinski definition) is 3. The summed E-state index contributed by atoms with van der Waals surface area (Å²) in [5.41, 5.74) is -3.58. The fourth-order valence-corrected chi connectivity index (χ4v) is 4.60. The molecule has 23 heavy (non-hydrogen) atoms. The first-order valence-electron chi connectivity index (χ1n) is 7.67. The number of quaternary nitrogens is 1. The van der Waals surface area contributed by atoms with E-state index >= 15 is 0 Å². The lowest BCUT2D eigenvalue weighted by atomic mass is 9.64. The smallest absolute Gasteiger partial charge is 0.417 e. The van der Waals surface area contributed by atoms with Gasteiger partial charge in [-0.2, -0.15) is 13.2 Å².